The zero-order valence-corrected chi connectivity index (χ0v) is 10.8. The topological polar surface area (TPSA) is 29.3 Å². The molecule has 0 bridgehead atoms. The fourth-order valence-electron chi connectivity index (χ4n) is 2.33. The van der Waals surface area contributed by atoms with Gasteiger partial charge in [-0.05, 0) is 37.6 Å². The SMILES string of the molecule is CN(C1CCC1)C(CN)c1ccc(F)cc1Cl. The van der Waals surface area contributed by atoms with Crippen molar-refractivity contribution >= 4 is 11.6 Å². The lowest BCUT2D eigenvalue weighted by atomic mass is 9.89. The fourth-order valence-corrected chi connectivity index (χ4v) is 2.63. The maximum absolute atomic E-state index is 13.0. The van der Waals surface area contributed by atoms with Gasteiger partial charge in [0.1, 0.15) is 5.82 Å². The maximum Gasteiger partial charge on any atom is 0.124 e. The molecule has 0 saturated heterocycles. The third-order valence-electron chi connectivity index (χ3n) is 3.69. The largest absolute Gasteiger partial charge is 0.329 e. The Bertz CT molecular complexity index is 393. The number of halogens is 2. The van der Waals surface area contributed by atoms with Crippen LogP contribution in [0.5, 0.6) is 0 Å². The second kappa shape index (κ2) is 5.34. The van der Waals surface area contributed by atoms with E-state index in [1.54, 1.807) is 6.07 Å². The van der Waals surface area contributed by atoms with Gasteiger partial charge in [-0.25, -0.2) is 4.39 Å². The van der Waals surface area contributed by atoms with Crippen molar-refractivity contribution in [3.05, 3.63) is 34.6 Å². The van der Waals surface area contributed by atoms with E-state index < -0.39 is 0 Å². The van der Waals surface area contributed by atoms with Gasteiger partial charge >= 0.3 is 0 Å². The van der Waals surface area contributed by atoms with E-state index in [9.17, 15) is 4.39 Å². The average Bonchev–Trinajstić information content (AvgIpc) is 2.19. The molecule has 1 aliphatic carbocycles. The van der Waals surface area contributed by atoms with Gasteiger partial charge in [-0.15, -0.1) is 0 Å². The van der Waals surface area contributed by atoms with E-state index in [0.29, 0.717) is 17.6 Å². The van der Waals surface area contributed by atoms with Crippen LogP contribution >= 0.6 is 11.6 Å². The highest BCUT2D eigenvalue weighted by atomic mass is 35.5. The van der Waals surface area contributed by atoms with Crippen molar-refractivity contribution in [2.45, 2.75) is 31.3 Å². The van der Waals surface area contributed by atoms with Crippen molar-refractivity contribution in [1.29, 1.82) is 0 Å². The van der Waals surface area contributed by atoms with Crippen molar-refractivity contribution in [1.82, 2.24) is 4.90 Å². The summed E-state index contributed by atoms with van der Waals surface area (Å²) in [4.78, 5) is 2.27. The van der Waals surface area contributed by atoms with Crippen molar-refractivity contribution in [2.75, 3.05) is 13.6 Å². The first-order valence-corrected chi connectivity index (χ1v) is 6.38. The molecule has 2 N–H and O–H groups in total. The van der Waals surface area contributed by atoms with Gasteiger partial charge in [-0.2, -0.15) is 0 Å². The second-order valence-electron chi connectivity index (χ2n) is 4.67. The molecule has 1 unspecified atom stereocenters. The molecule has 0 spiro atoms. The van der Waals surface area contributed by atoms with Crippen LogP contribution in [-0.4, -0.2) is 24.5 Å². The Morgan fingerprint density at radius 3 is 2.71 bits per heavy atom. The predicted octanol–water partition coefficient (Wildman–Crippen LogP) is 2.96. The number of likely N-dealkylation sites (N-methyl/N-ethyl adjacent to an activating group) is 1. The Labute approximate surface area is 107 Å². The third kappa shape index (κ3) is 2.62. The van der Waals surface area contributed by atoms with Crippen LogP contribution in [0.4, 0.5) is 4.39 Å². The summed E-state index contributed by atoms with van der Waals surface area (Å²) in [6.07, 6.45) is 3.71. The van der Waals surface area contributed by atoms with Crippen molar-refractivity contribution in [3.8, 4) is 0 Å². The van der Waals surface area contributed by atoms with Crippen LogP contribution in [0.2, 0.25) is 5.02 Å². The van der Waals surface area contributed by atoms with Crippen LogP contribution in [0.3, 0.4) is 0 Å². The molecule has 1 aromatic carbocycles. The van der Waals surface area contributed by atoms with Gasteiger partial charge < -0.3 is 5.73 Å². The lowest BCUT2D eigenvalue weighted by Crippen LogP contribution is -2.42. The molecule has 0 heterocycles. The van der Waals surface area contributed by atoms with Gasteiger partial charge in [-0.3, -0.25) is 4.90 Å². The summed E-state index contributed by atoms with van der Waals surface area (Å²) in [5.74, 6) is -0.305. The Kier molecular flexibility index (Phi) is 4.02. The Morgan fingerprint density at radius 2 is 2.24 bits per heavy atom. The van der Waals surface area contributed by atoms with Crippen LogP contribution in [0.25, 0.3) is 0 Å². The molecule has 17 heavy (non-hydrogen) atoms. The van der Waals surface area contributed by atoms with Crippen LogP contribution in [0, 0.1) is 5.82 Å². The number of hydrogen-bond donors (Lipinski definition) is 1. The molecule has 1 aliphatic rings. The number of nitrogens with two attached hydrogens (primary N) is 1. The van der Waals surface area contributed by atoms with E-state index in [2.05, 4.69) is 11.9 Å². The van der Waals surface area contributed by atoms with E-state index in [1.807, 2.05) is 0 Å². The van der Waals surface area contributed by atoms with Gasteiger partial charge in [0.15, 0.2) is 0 Å². The standard InChI is InChI=1S/C13H18ClFN2/c1-17(10-3-2-4-10)13(8-16)11-6-5-9(15)7-12(11)14/h5-7,10,13H,2-4,8,16H2,1H3. The zero-order valence-electron chi connectivity index (χ0n) is 10.00. The minimum Gasteiger partial charge on any atom is -0.329 e. The van der Waals surface area contributed by atoms with Gasteiger partial charge in [-0.1, -0.05) is 24.1 Å². The number of nitrogens with zero attached hydrogens (tertiary/aromatic N) is 1. The summed E-state index contributed by atoms with van der Waals surface area (Å²) >= 11 is 6.09. The lowest BCUT2D eigenvalue weighted by molar-refractivity contribution is 0.113. The molecule has 4 heteroatoms. The molecular formula is C13H18ClFN2. The highest BCUT2D eigenvalue weighted by molar-refractivity contribution is 6.31. The van der Waals surface area contributed by atoms with E-state index in [1.165, 1.54) is 31.4 Å². The van der Waals surface area contributed by atoms with Crippen molar-refractivity contribution < 1.29 is 4.39 Å². The number of rotatable bonds is 4. The molecule has 94 valence electrons. The molecule has 0 aliphatic heterocycles. The van der Waals surface area contributed by atoms with E-state index in [0.717, 1.165) is 5.56 Å². The number of benzene rings is 1. The smallest absolute Gasteiger partial charge is 0.124 e. The summed E-state index contributed by atoms with van der Waals surface area (Å²) in [6, 6.07) is 5.20. The highest BCUT2D eigenvalue weighted by Gasteiger charge is 2.28. The maximum atomic E-state index is 13.0. The molecule has 0 aromatic heterocycles. The Morgan fingerprint density at radius 1 is 1.53 bits per heavy atom. The summed E-state index contributed by atoms with van der Waals surface area (Å²) in [7, 11) is 2.07. The van der Waals surface area contributed by atoms with Gasteiger partial charge in [0.05, 0.1) is 0 Å². The van der Waals surface area contributed by atoms with Crippen LogP contribution in [-0.2, 0) is 0 Å². The minimum absolute atomic E-state index is 0.0772. The molecule has 1 atom stereocenters. The molecule has 1 fully saturated rings. The lowest BCUT2D eigenvalue weighted by Gasteiger charge is -2.40. The zero-order chi connectivity index (χ0) is 12.4. The molecule has 0 amide bonds. The molecule has 2 nitrogen and oxygen atoms in total. The van der Waals surface area contributed by atoms with E-state index in [4.69, 9.17) is 17.3 Å². The summed E-state index contributed by atoms with van der Waals surface area (Å²) in [5.41, 5.74) is 6.76. The minimum atomic E-state index is -0.305. The fraction of sp³-hybridized carbons (Fsp3) is 0.538. The van der Waals surface area contributed by atoms with Gasteiger partial charge in [0, 0.05) is 23.7 Å². The monoisotopic (exact) mass is 256 g/mol. The van der Waals surface area contributed by atoms with E-state index >= 15 is 0 Å². The molecule has 2 rings (SSSR count). The predicted molar refractivity (Wildman–Crippen MR) is 68.6 cm³/mol. The van der Waals surface area contributed by atoms with Gasteiger partial charge in [0.2, 0.25) is 0 Å². The average molecular weight is 257 g/mol. The van der Waals surface area contributed by atoms with Crippen molar-refractivity contribution in [3.63, 3.8) is 0 Å². The Balaban J connectivity index is 2.21. The molecule has 0 radical (unpaired) electrons. The second-order valence-corrected chi connectivity index (χ2v) is 5.07. The van der Waals surface area contributed by atoms with Crippen LogP contribution < -0.4 is 5.73 Å². The van der Waals surface area contributed by atoms with Crippen LogP contribution in [0.1, 0.15) is 30.9 Å². The highest BCUT2D eigenvalue weighted by Crippen LogP contribution is 2.33. The summed E-state index contributed by atoms with van der Waals surface area (Å²) in [6.45, 7) is 0.498. The number of hydrogen-bond acceptors (Lipinski definition) is 2. The van der Waals surface area contributed by atoms with Crippen LogP contribution in [0.15, 0.2) is 18.2 Å². The first-order chi connectivity index (χ1) is 8.13. The molecular weight excluding hydrogens is 239 g/mol. The van der Waals surface area contributed by atoms with Crippen molar-refractivity contribution in [2.24, 2.45) is 5.73 Å². The normalized spacial score (nSPS) is 18.2. The third-order valence-corrected chi connectivity index (χ3v) is 4.01. The van der Waals surface area contributed by atoms with Gasteiger partial charge in [0.25, 0.3) is 0 Å². The molecule has 1 saturated carbocycles. The quantitative estimate of drug-likeness (QED) is 0.898. The van der Waals surface area contributed by atoms with E-state index in [-0.39, 0.29) is 11.9 Å². The molecule has 1 aromatic rings. The Hall–Kier alpha value is -0.640. The summed E-state index contributed by atoms with van der Waals surface area (Å²) in [5, 5.41) is 0.464. The first-order valence-electron chi connectivity index (χ1n) is 6.00. The summed E-state index contributed by atoms with van der Waals surface area (Å²) < 4.78 is 13.0. The first kappa shape index (κ1) is 12.8.